The lowest BCUT2D eigenvalue weighted by atomic mass is 10.0. The van der Waals surface area contributed by atoms with Crippen LogP contribution in [0.1, 0.15) is 0 Å². The smallest absolute Gasteiger partial charge is 0.237 e. The quantitative estimate of drug-likeness (QED) is 0.562. The molecular weight excluding hydrogens is 352 g/mol. The Labute approximate surface area is 151 Å². The second kappa shape index (κ2) is 6.11. The molecule has 10 heteroatoms. The van der Waals surface area contributed by atoms with Gasteiger partial charge in [-0.1, -0.05) is 29.4 Å². The van der Waals surface area contributed by atoms with Crippen LogP contribution in [0.2, 0.25) is 0 Å². The van der Waals surface area contributed by atoms with Gasteiger partial charge in [-0.3, -0.25) is 0 Å². The van der Waals surface area contributed by atoms with Gasteiger partial charge in [0.15, 0.2) is 11.5 Å². The first kappa shape index (κ1) is 15.3. The maximum absolute atomic E-state index is 5.50. The van der Waals surface area contributed by atoms with Gasteiger partial charge in [0.05, 0.1) is 13.3 Å². The Morgan fingerprint density at radius 1 is 1.00 bits per heavy atom. The minimum absolute atomic E-state index is 0.479. The van der Waals surface area contributed by atoms with Crippen molar-refractivity contribution in [1.82, 2.24) is 31.4 Å². The molecule has 134 valence electrons. The summed E-state index contributed by atoms with van der Waals surface area (Å²) >= 11 is 0. The van der Waals surface area contributed by atoms with Gasteiger partial charge in [-0.25, -0.2) is 0 Å². The third kappa shape index (κ3) is 2.55. The van der Waals surface area contributed by atoms with Crippen molar-refractivity contribution < 1.29 is 18.9 Å². The average molecular weight is 364 g/mol. The van der Waals surface area contributed by atoms with Crippen LogP contribution in [-0.2, 0) is 0 Å². The third-order valence-electron chi connectivity index (χ3n) is 4.17. The third-order valence-corrected chi connectivity index (χ3v) is 4.17. The SMILES string of the molecule is COc1cc(-c2oncc2-c2ccc(-c3nn[nH]n3)cc2)cc2c1ONO2. The number of tetrazole rings is 1. The number of aromatic amines is 1. The summed E-state index contributed by atoms with van der Waals surface area (Å²) in [7, 11) is 1.55. The largest absolute Gasteiger partial charge is 0.493 e. The molecule has 4 aromatic rings. The molecule has 2 aromatic carbocycles. The predicted octanol–water partition coefficient (Wildman–Crippen LogP) is 2.39. The van der Waals surface area contributed by atoms with Gasteiger partial charge in [-0.2, -0.15) is 5.21 Å². The summed E-state index contributed by atoms with van der Waals surface area (Å²) in [5.41, 5.74) is 5.69. The molecule has 1 aliphatic heterocycles. The molecular formula is C17H12N6O4. The van der Waals surface area contributed by atoms with Crippen LogP contribution in [0.15, 0.2) is 47.1 Å². The molecule has 0 saturated heterocycles. The Bertz CT molecular complexity index is 1090. The standard InChI is InChI=1S/C17H12N6O4/c1-24-13-6-11(7-14-16(13)27-23-25-14)15-12(8-18-26-15)9-2-4-10(5-3-9)17-19-21-22-20-17/h2-8,23H,1H3,(H,19,20,21,22). The molecule has 0 spiro atoms. The first-order valence-electron chi connectivity index (χ1n) is 7.93. The van der Waals surface area contributed by atoms with E-state index < -0.39 is 0 Å². The van der Waals surface area contributed by atoms with E-state index in [0.717, 1.165) is 22.3 Å². The van der Waals surface area contributed by atoms with Gasteiger partial charge in [0.25, 0.3) is 0 Å². The average Bonchev–Trinajstić information content (AvgIpc) is 3.48. The molecule has 5 rings (SSSR count). The topological polar surface area (TPSA) is 120 Å². The fourth-order valence-corrected chi connectivity index (χ4v) is 2.88. The van der Waals surface area contributed by atoms with E-state index in [1.54, 1.807) is 25.4 Å². The van der Waals surface area contributed by atoms with Crippen molar-refractivity contribution in [2.45, 2.75) is 0 Å². The van der Waals surface area contributed by atoms with Crippen LogP contribution in [0.25, 0.3) is 33.8 Å². The molecule has 0 bridgehead atoms. The second-order valence-corrected chi connectivity index (χ2v) is 5.67. The summed E-state index contributed by atoms with van der Waals surface area (Å²) in [6.07, 6.45) is 1.66. The normalized spacial score (nSPS) is 12.3. The van der Waals surface area contributed by atoms with Gasteiger partial charge in [0.2, 0.25) is 17.3 Å². The number of rotatable bonds is 4. The maximum atomic E-state index is 5.50. The fourth-order valence-electron chi connectivity index (χ4n) is 2.88. The van der Waals surface area contributed by atoms with Crippen molar-refractivity contribution in [2.75, 3.05) is 7.11 Å². The van der Waals surface area contributed by atoms with E-state index in [-0.39, 0.29) is 0 Å². The van der Waals surface area contributed by atoms with Crippen LogP contribution in [0.5, 0.6) is 17.2 Å². The lowest BCUT2D eigenvalue weighted by Gasteiger charge is -2.07. The van der Waals surface area contributed by atoms with Crippen molar-refractivity contribution in [3.63, 3.8) is 0 Å². The first-order valence-corrected chi connectivity index (χ1v) is 7.93. The number of hydrogen-bond donors (Lipinski definition) is 2. The molecule has 1 aliphatic rings. The molecule has 2 aromatic heterocycles. The molecule has 27 heavy (non-hydrogen) atoms. The molecule has 2 N–H and O–H groups in total. The summed E-state index contributed by atoms with van der Waals surface area (Å²) in [6.45, 7) is 0. The van der Waals surface area contributed by atoms with Crippen LogP contribution in [0.3, 0.4) is 0 Å². The number of aromatic nitrogens is 5. The molecule has 0 amide bonds. The number of methoxy groups -OCH3 is 1. The minimum Gasteiger partial charge on any atom is -0.493 e. The van der Waals surface area contributed by atoms with Crippen LogP contribution in [0, 0.1) is 0 Å². The minimum atomic E-state index is 0.479. The number of ether oxygens (including phenoxy) is 1. The van der Waals surface area contributed by atoms with Crippen molar-refractivity contribution in [3.05, 3.63) is 42.6 Å². The van der Waals surface area contributed by atoms with Crippen LogP contribution >= 0.6 is 0 Å². The Morgan fingerprint density at radius 2 is 1.85 bits per heavy atom. The molecule has 0 aliphatic carbocycles. The van der Waals surface area contributed by atoms with E-state index in [1.165, 1.54) is 0 Å². The van der Waals surface area contributed by atoms with Crippen molar-refractivity contribution in [2.24, 2.45) is 0 Å². The number of fused-ring (bicyclic) bond motifs is 1. The highest BCUT2D eigenvalue weighted by atomic mass is 16.9. The number of hydrogen-bond acceptors (Lipinski definition) is 9. The maximum Gasteiger partial charge on any atom is 0.237 e. The van der Waals surface area contributed by atoms with E-state index in [9.17, 15) is 0 Å². The number of nitrogens with zero attached hydrogens (tertiary/aromatic N) is 4. The Kier molecular flexibility index (Phi) is 3.47. The summed E-state index contributed by atoms with van der Waals surface area (Å²) < 4.78 is 10.9. The highest BCUT2D eigenvalue weighted by Crippen LogP contribution is 2.44. The molecule has 0 atom stereocenters. The summed E-state index contributed by atoms with van der Waals surface area (Å²) in [6, 6.07) is 11.3. The Morgan fingerprint density at radius 3 is 2.63 bits per heavy atom. The van der Waals surface area contributed by atoms with Gasteiger partial charge >= 0.3 is 0 Å². The van der Waals surface area contributed by atoms with Gasteiger partial charge in [0, 0.05) is 22.3 Å². The van der Waals surface area contributed by atoms with Crippen molar-refractivity contribution >= 4 is 0 Å². The summed E-state index contributed by atoms with van der Waals surface area (Å²) in [5, 5.41) is 17.9. The zero-order valence-electron chi connectivity index (χ0n) is 14.0. The van der Waals surface area contributed by atoms with Crippen LogP contribution < -0.4 is 20.1 Å². The fraction of sp³-hybridized carbons (Fsp3) is 0.0588. The van der Waals surface area contributed by atoms with Crippen molar-refractivity contribution in [1.29, 1.82) is 0 Å². The molecule has 10 nitrogen and oxygen atoms in total. The molecule has 0 saturated carbocycles. The molecule has 0 unspecified atom stereocenters. The van der Waals surface area contributed by atoms with Gasteiger partial charge in [-0.15, -0.1) is 10.2 Å². The monoisotopic (exact) mass is 364 g/mol. The summed E-state index contributed by atoms with van der Waals surface area (Å²) in [4.78, 5) is 10.4. The van der Waals surface area contributed by atoms with Crippen LogP contribution in [0.4, 0.5) is 0 Å². The number of benzene rings is 2. The highest BCUT2D eigenvalue weighted by Gasteiger charge is 2.24. The summed E-state index contributed by atoms with van der Waals surface area (Å²) in [5.74, 6) is 2.60. The van der Waals surface area contributed by atoms with E-state index in [4.69, 9.17) is 18.9 Å². The van der Waals surface area contributed by atoms with E-state index in [0.29, 0.717) is 28.8 Å². The second-order valence-electron chi connectivity index (χ2n) is 5.67. The molecule has 3 heterocycles. The van der Waals surface area contributed by atoms with Gasteiger partial charge in [0.1, 0.15) is 0 Å². The molecule has 0 fully saturated rings. The first-order chi connectivity index (χ1) is 13.3. The predicted molar refractivity (Wildman–Crippen MR) is 91.5 cm³/mol. The highest BCUT2D eigenvalue weighted by molar-refractivity contribution is 5.82. The van der Waals surface area contributed by atoms with E-state index >= 15 is 0 Å². The lowest BCUT2D eigenvalue weighted by molar-refractivity contribution is 0.0248. The number of nitrogens with one attached hydrogen (secondary N) is 2. The van der Waals surface area contributed by atoms with E-state index in [2.05, 4.69) is 31.4 Å². The number of H-pyrrole nitrogens is 1. The van der Waals surface area contributed by atoms with Gasteiger partial charge in [-0.05, 0) is 22.9 Å². The molecule has 0 radical (unpaired) electrons. The van der Waals surface area contributed by atoms with Crippen LogP contribution in [-0.4, -0.2) is 32.9 Å². The zero-order chi connectivity index (χ0) is 18.2. The lowest BCUT2D eigenvalue weighted by Crippen LogP contribution is -2.14. The van der Waals surface area contributed by atoms with Gasteiger partial charge < -0.3 is 18.9 Å². The Balaban J connectivity index is 1.55. The Hall–Kier alpha value is -3.92. The zero-order valence-corrected chi connectivity index (χ0v) is 14.0. The van der Waals surface area contributed by atoms with E-state index in [1.807, 2.05) is 24.3 Å². The van der Waals surface area contributed by atoms with Crippen molar-refractivity contribution in [3.8, 4) is 51.1 Å².